The Labute approximate surface area is 247 Å². The Kier molecular flexibility index (Phi) is 5.20. The minimum atomic E-state index is 0.851. The number of nitrogens with zero attached hydrogens (tertiary/aromatic N) is 1. The highest BCUT2D eigenvalue weighted by atomic mass is 16.3. The van der Waals surface area contributed by atoms with E-state index in [9.17, 15) is 0 Å². The highest BCUT2D eigenvalue weighted by molar-refractivity contribution is 6.21. The predicted octanol–water partition coefficient (Wildman–Crippen LogP) is 11.8. The summed E-state index contributed by atoms with van der Waals surface area (Å²) in [5, 5.41) is 6.83. The first-order valence-electron chi connectivity index (χ1n) is 14.5. The lowest BCUT2D eigenvalue weighted by atomic mass is 9.98. The van der Waals surface area contributed by atoms with Gasteiger partial charge in [-0.3, -0.25) is 0 Å². The van der Waals surface area contributed by atoms with Crippen LogP contribution in [0.5, 0.6) is 0 Å². The maximum Gasteiger partial charge on any atom is 0.159 e. The number of furan rings is 2. The van der Waals surface area contributed by atoms with Gasteiger partial charge in [-0.05, 0) is 70.4 Å². The van der Waals surface area contributed by atoms with Gasteiger partial charge in [0.1, 0.15) is 16.7 Å². The van der Waals surface area contributed by atoms with Crippen molar-refractivity contribution in [2.75, 3.05) is 4.90 Å². The molecule has 0 spiro atoms. The molecule has 0 radical (unpaired) electrons. The number of fused-ring (bicyclic) bond motifs is 8. The molecule has 202 valence electrons. The lowest BCUT2D eigenvalue weighted by Crippen LogP contribution is -2.09. The van der Waals surface area contributed by atoms with Crippen molar-refractivity contribution in [1.29, 1.82) is 0 Å². The van der Waals surface area contributed by atoms with Crippen LogP contribution >= 0.6 is 0 Å². The zero-order chi connectivity index (χ0) is 28.3. The average molecular weight is 552 g/mol. The topological polar surface area (TPSA) is 29.5 Å². The molecule has 2 aromatic heterocycles. The van der Waals surface area contributed by atoms with Crippen LogP contribution in [0.4, 0.5) is 17.1 Å². The zero-order valence-electron chi connectivity index (χ0n) is 23.2. The van der Waals surface area contributed by atoms with Crippen molar-refractivity contribution in [2.45, 2.75) is 0 Å². The van der Waals surface area contributed by atoms with E-state index in [0.29, 0.717) is 0 Å². The maximum absolute atomic E-state index is 6.73. The van der Waals surface area contributed by atoms with Crippen molar-refractivity contribution < 1.29 is 8.83 Å². The molecule has 0 aliphatic rings. The Bertz CT molecular complexity index is 2450. The van der Waals surface area contributed by atoms with Gasteiger partial charge in [-0.15, -0.1) is 0 Å². The molecule has 0 amide bonds. The molecule has 0 bridgehead atoms. The fraction of sp³-hybridized carbons (Fsp3) is 0. The van der Waals surface area contributed by atoms with E-state index in [4.69, 9.17) is 8.83 Å². The summed E-state index contributed by atoms with van der Waals surface area (Å²) in [5.74, 6) is 0. The Balaban J connectivity index is 1.29. The van der Waals surface area contributed by atoms with Gasteiger partial charge in [0.2, 0.25) is 0 Å². The van der Waals surface area contributed by atoms with Gasteiger partial charge in [-0.1, -0.05) is 97.1 Å². The Hall–Kier alpha value is -5.80. The molecule has 43 heavy (non-hydrogen) atoms. The fourth-order valence-electron chi connectivity index (χ4n) is 6.45. The van der Waals surface area contributed by atoms with Crippen molar-refractivity contribution in [1.82, 2.24) is 0 Å². The second-order valence-corrected chi connectivity index (χ2v) is 10.9. The molecule has 3 nitrogen and oxygen atoms in total. The lowest BCUT2D eigenvalue weighted by molar-refractivity contribution is 0.667. The van der Waals surface area contributed by atoms with E-state index in [1.165, 1.54) is 21.9 Å². The minimum Gasteiger partial charge on any atom is -0.456 e. The van der Waals surface area contributed by atoms with Crippen LogP contribution in [0.2, 0.25) is 0 Å². The number of benzene rings is 7. The molecule has 0 aliphatic carbocycles. The molecule has 2 heterocycles. The predicted molar refractivity (Wildman–Crippen MR) is 179 cm³/mol. The molecular weight excluding hydrogens is 526 g/mol. The largest absolute Gasteiger partial charge is 0.456 e. The molecule has 9 rings (SSSR count). The van der Waals surface area contributed by atoms with Crippen molar-refractivity contribution in [2.24, 2.45) is 0 Å². The molecular formula is C40H25NO2. The SMILES string of the molecule is c1ccc(-c2ccc3ccc4oc5c(N(c6ccccc6)c6ccc7c(c6)oc6ccccc67)cccc5c4c3c2)cc1. The molecule has 0 aliphatic heterocycles. The monoisotopic (exact) mass is 551 g/mol. The summed E-state index contributed by atoms with van der Waals surface area (Å²) >= 11 is 0. The third-order valence-electron chi connectivity index (χ3n) is 8.44. The lowest BCUT2D eigenvalue weighted by Gasteiger charge is -2.25. The number of para-hydroxylation sites is 3. The summed E-state index contributed by atoms with van der Waals surface area (Å²) in [6.45, 7) is 0. The van der Waals surface area contributed by atoms with E-state index < -0.39 is 0 Å². The van der Waals surface area contributed by atoms with Crippen molar-refractivity contribution >= 4 is 71.7 Å². The number of hydrogen-bond acceptors (Lipinski definition) is 3. The molecule has 0 unspecified atom stereocenters. The van der Waals surface area contributed by atoms with Gasteiger partial charge in [0.05, 0.1) is 11.4 Å². The Morgan fingerprint density at radius 1 is 0.395 bits per heavy atom. The van der Waals surface area contributed by atoms with E-state index in [1.807, 2.05) is 18.2 Å². The molecule has 0 fully saturated rings. The number of rotatable bonds is 4. The first-order valence-corrected chi connectivity index (χ1v) is 14.5. The van der Waals surface area contributed by atoms with Gasteiger partial charge < -0.3 is 13.7 Å². The van der Waals surface area contributed by atoms with Crippen LogP contribution in [0.3, 0.4) is 0 Å². The zero-order valence-corrected chi connectivity index (χ0v) is 23.2. The van der Waals surface area contributed by atoms with E-state index in [2.05, 4.69) is 138 Å². The summed E-state index contributed by atoms with van der Waals surface area (Å²) in [4.78, 5) is 2.26. The van der Waals surface area contributed by atoms with Gasteiger partial charge in [0, 0.05) is 33.3 Å². The molecule has 0 saturated carbocycles. The molecule has 3 heteroatoms. The van der Waals surface area contributed by atoms with Gasteiger partial charge >= 0.3 is 0 Å². The number of anilines is 3. The normalized spacial score (nSPS) is 11.7. The average Bonchev–Trinajstić information content (AvgIpc) is 3.64. The van der Waals surface area contributed by atoms with E-state index in [0.717, 1.165) is 60.9 Å². The highest BCUT2D eigenvalue weighted by Gasteiger charge is 2.21. The van der Waals surface area contributed by atoms with E-state index >= 15 is 0 Å². The van der Waals surface area contributed by atoms with E-state index in [-0.39, 0.29) is 0 Å². The Morgan fingerprint density at radius 2 is 1.14 bits per heavy atom. The van der Waals surface area contributed by atoms with E-state index in [1.54, 1.807) is 0 Å². The Morgan fingerprint density at radius 3 is 2.02 bits per heavy atom. The maximum atomic E-state index is 6.73. The summed E-state index contributed by atoms with van der Waals surface area (Å²) < 4.78 is 13.0. The van der Waals surface area contributed by atoms with Crippen molar-refractivity contribution in [3.05, 3.63) is 152 Å². The molecule has 7 aromatic carbocycles. The first-order chi connectivity index (χ1) is 21.3. The smallest absolute Gasteiger partial charge is 0.159 e. The van der Waals surface area contributed by atoms with Gasteiger partial charge in [-0.25, -0.2) is 0 Å². The fourth-order valence-corrected chi connectivity index (χ4v) is 6.45. The summed E-state index contributed by atoms with van der Waals surface area (Å²) in [6, 6.07) is 53.0. The standard InChI is InChI=1S/C40H25NO2/c1-3-10-26(11-4-1)28-19-18-27-20-23-37-39(34(27)24-28)33-15-9-16-35(40(33)43-37)41(29-12-5-2-6-13-29)30-21-22-32-31-14-7-8-17-36(31)42-38(32)25-30/h1-25H. The number of hydrogen-bond donors (Lipinski definition) is 0. The van der Waals surface area contributed by atoms with Gasteiger partial charge in [0.25, 0.3) is 0 Å². The third kappa shape index (κ3) is 3.75. The van der Waals surface area contributed by atoms with Crippen LogP contribution < -0.4 is 4.90 Å². The van der Waals surface area contributed by atoms with Gasteiger partial charge in [0.15, 0.2) is 5.58 Å². The second kappa shape index (κ2) is 9.37. The summed E-state index contributed by atoms with van der Waals surface area (Å²) in [6.07, 6.45) is 0. The van der Waals surface area contributed by atoms with Crippen LogP contribution in [0.25, 0.3) is 65.8 Å². The van der Waals surface area contributed by atoms with Crippen LogP contribution in [-0.4, -0.2) is 0 Å². The van der Waals surface area contributed by atoms with Gasteiger partial charge in [-0.2, -0.15) is 0 Å². The van der Waals surface area contributed by atoms with Crippen LogP contribution in [0.15, 0.2) is 160 Å². The van der Waals surface area contributed by atoms with Crippen LogP contribution in [0, 0.1) is 0 Å². The molecule has 9 aromatic rings. The minimum absolute atomic E-state index is 0.851. The molecule has 0 N–H and O–H groups in total. The second-order valence-electron chi connectivity index (χ2n) is 10.9. The first kappa shape index (κ1) is 23.9. The van der Waals surface area contributed by atoms with Crippen LogP contribution in [0.1, 0.15) is 0 Å². The summed E-state index contributed by atoms with van der Waals surface area (Å²) in [7, 11) is 0. The highest BCUT2D eigenvalue weighted by Crippen LogP contribution is 2.45. The third-order valence-corrected chi connectivity index (χ3v) is 8.44. The summed E-state index contributed by atoms with van der Waals surface area (Å²) in [5.41, 5.74) is 8.89. The van der Waals surface area contributed by atoms with Crippen molar-refractivity contribution in [3.63, 3.8) is 0 Å². The molecule has 0 atom stereocenters. The van der Waals surface area contributed by atoms with Crippen molar-refractivity contribution in [3.8, 4) is 11.1 Å². The van der Waals surface area contributed by atoms with Crippen LogP contribution in [-0.2, 0) is 0 Å². The quantitative estimate of drug-likeness (QED) is 0.218. The molecule has 0 saturated heterocycles.